The van der Waals surface area contributed by atoms with Crippen molar-refractivity contribution in [1.29, 1.82) is 0 Å². The Kier molecular flexibility index (Phi) is 4.76. The van der Waals surface area contributed by atoms with Crippen LogP contribution in [-0.4, -0.2) is 17.9 Å². The third-order valence-electron chi connectivity index (χ3n) is 3.21. The molecule has 2 N–H and O–H groups in total. The molecule has 1 amide bonds. The fraction of sp³-hybridized carbons (Fsp3) is 0.188. The average Bonchev–Trinajstić information content (AvgIpc) is 2.39. The van der Waals surface area contributed by atoms with Crippen molar-refractivity contribution in [2.75, 3.05) is 12.8 Å². The Bertz CT molecular complexity index is 666. The first-order valence-electron chi connectivity index (χ1n) is 6.43. The largest absolute Gasteiger partial charge is 0.398 e. The van der Waals surface area contributed by atoms with Crippen molar-refractivity contribution in [3.63, 3.8) is 0 Å². The van der Waals surface area contributed by atoms with Gasteiger partial charge < -0.3 is 10.6 Å². The van der Waals surface area contributed by atoms with Crippen molar-refractivity contribution in [2.45, 2.75) is 13.5 Å². The Hall–Kier alpha value is -1.71. The van der Waals surface area contributed by atoms with Crippen molar-refractivity contribution in [2.24, 2.45) is 0 Å². The molecule has 2 rings (SSSR count). The van der Waals surface area contributed by atoms with Gasteiger partial charge in [0, 0.05) is 34.9 Å². The van der Waals surface area contributed by atoms with E-state index in [4.69, 9.17) is 28.9 Å². The standard InChI is InChI=1S/C16H16Cl2N2O/c1-10-3-4-12(7-15(10)19)16(21)20(2)9-11-5-13(17)8-14(18)6-11/h3-8H,9,19H2,1-2H3. The van der Waals surface area contributed by atoms with E-state index in [9.17, 15) is 4.79 Å². The highest BCUT2D eigenvalue weighted by Crippen LogP contribution is 2.21. The molecule has 110 valence electrons. The number of rotatable bonds is 3. The topological polar surface area (TPSA) is 46.3 Å². The monoisotopic (exact) mass is 322 g/mol. The molecule has 0 aliphatic heterocycles. The molecule has 0 heterocycles. The van der Waals surface area contributed by atoms with Crippen LogP contribution in [0.15, 0.2) is 36.4 Å². The smallest absolute Gasteiger partial charge is 0.253 e. The third kappa shape index (κ3) is 3.90. The number of anilines is 1. The lowest BCUT2D eigenvalue weighted by Crippen LogP contribution is -2.26. The molecule has 3 nitrogen and oxygen atoms in total. The summed E-state index contributed by atoms with van der Waals surface area (Å²) in [6.07, 6.45) is 0. The van der Waals surface area contributed by atoms with Crippen LogP contribution in [0.3, 0.4) is 0 Å². The van der Waals surface area contributed by atoms with Crippen LogP contribution in [0, 0.1) is 6.92 Å². The molecular weight excluding hydrogens is 307 g/mol. The maximum atomic E-state index is 12.4. The SMILES string of the molecule is Cc1ccc(C(=O)N(C)Cc2cc(Cl)cc(Cl)c2)cc1N. The molecular formula is C16H16Cl2N2O. The summed E-state index contributed by atoms with van der Waals surface area (Å²) in [6.45, 7) is 2.33. The van der Waals surface area contributed by atoms with Crippen molar-refractivity contribution >= 4 is 34.8 Å². The fourth-order valence-corrected chi connectivity index (χ4v) is 2.61. The Morgan fingerprint density at radius 3 is 2.33 bits per heavy atom. The zero-order chi connectivity index (χ0) is 15.6. The average molecular weight is 323 g/mol. The Labute approximate surface area is 134 Å². The van der Waals surface area contributed by atoms with Crippen molar-refractivity contribution in [1.82, 2.24) is 4.90 Å². The first-order chi connectivity index (χ1) is 9.86. The molecule has 0 unspecified atom stereocenters. The van der Waals surface area contributed by atoms with E-state index < -0.39 is 0 Å². The van der Waals surface area contributed by atoms with Crippen LogP contribution in [0.1, 0.15) is 21.5 Å². The Morgan fingerprint density at radius 1 is 1.14 bits per heavy atom. The summed E-state index contributed by atoms with van der Waals surface area (Å²) < 4.78 is 0. The molecule has 2 aromatic carbocycles. The van der Waals surface area contributed by atoms with Crippen LogP contribution >= 0.6 is 23.2 Å². The number of halogens is 2. The van der Waals surface area contributed by atoms with Crippen molar-refractivity contribution in [3.8, 4) is 0 Å². The summed E-state index contributed by atoms with van der Waals surface area (Å²) >= 11 is 11.9. The molecule has 21 heavy (non-hydrogen) atoms. The van der Waals surface area contributed by atoms with Gasteiger partial charge >= 0.3 is 0 Å². The Balaban J connectivity index is 2.17. The van der Waals surface area contributed by atoms with Gasteiger partial charge in [0.2, 0.25) is 0 Å². The number of hydrogen-bond donors (Lipinski definition) is 1. The minimum atomic E-state index is -0.0993. The van der Waals surface area contributed by atoms with Gasteiger partial charge in [-0.1, -0.05) is 29.3 Å². The lowest BCUT2D eigenvalue weighted by molar-refractivity contribution is 0.0785. The zero-order valence-corrected chi connectivity index (χ0v) is 13.4. The van der Waals surface area contributed by atoms with E-state index in [2.05, 4.69) is 0 Å². The quantitative estimate of drug-likeness (QED) is 0.862. The van der Waals surface area contributed by atoms with Crippen LogP contribution < -0.4 is 5.73 Å². The first-order valence-corrected chi connectivity index (χ1v) is 7.19. The molecule has 0 radical (unpaired) electrons. The fourth-order valence-electron chi connectivity index (χ4n) is 2.04. The number of amides is 1. The maximum Gasteiger partial charge on any atom is 0.253 e. The van der Waals surface area contributed by atoms with Crippen LogP contribution in [0.2, 0.25) is 10.0 Å². The number of hydrogen-bond acceptors (Lipinski definition) is 2. The summed E-state index contributed by atoms with van der Waals surface area (Å²) in [4.78, 5) is 14.0. The van der Waals surface area contributed by atoms with E-state index in [-0.39, 0.29) is 5.91 Å². The number of nitrogen functional groups attached to an aromatic ring is 1. The molecule has 0 saturated carbocycles. The number of benzene rings is 2. The number of nitrogens with two attached hydrogens (primary N) is 1. The second-order valence-electron chi connectivity index (χ2n) is 5.01. The van der Waals surface area contributed by atoms with E-state index in [0.29, 0.717) is 27.8 Å². The second kappa shape index (κ2) is 6.37. The van der Waals surface area contributed by atoms with Crippen molar-refractivity contribution in [3.05, 3.63) is 63.1 Å². The van der Waals surface area contributed by atoms with E-state index >= 15 is 0 Å². The number of aryl methyl sites for hydroxylation is 1. The first kappa shape index (κ1) is 15.7. The van der Waals surface area contributed by atoms with Gasteiger partial charge in [0.1, 0.15) is 0 Å². The van der Waals surface area contributed by atoms with Crippen LogP contribution in [0.5, 0.6) is 0 Å². The maximum absolute atomic E-state index is 12.4. The Morgan fingerprint density at radius 2 is 1.76 bits per heavy atom. The molecule has 0 saturated heterocycles. The zero-order valence-electron chi connectivity index (χ0n) is 11.9. The molecule has 0 fully saturated rings. The van der Waals surface area contributed by atoms with Crippen LogP contribution in [0.25, 0.3) is 0 Å². The molecule has 2 aromatic rings. The number of carbonyl (C=O) groups excluding carboxylic acids is 1. The second-order valence-corrected chi connectivity index (χ2v) is 5.88. The molecule has 0 aliphatic rings. The highest BCUT2D eigenvalue weighted by molar-refractivity contribution is 6.34. The minimum Gasteiger partial charge on any atom is -0.398 e. The predicted molar refractivity (Wildman–Crippen MR) is 87.9 cm³/mol. The summed E-state index contributed by atoms with van der Waals surface area (Å²) in [5.74, 6) is -0.0993. The molecule has 0 spiro atoms. The van der Waals surface area contributed by atoms with E-state index in [1.165, 1.54) is 0 Å². The summed E-state index contributed by atoms with van der Waals surface area (Å²) in [7, 11) is 1.73. The normalized spacial score (nSPS) is 10.5. The summed E-state index contributed by atoms with van der Waals surface area (Å²) in [5.41, 5.74) is 8.85. The van der Waals surface area contributed by atoms with Gasteiger partial charge in [0.05, 0.1) is 0 Å². The van der Waals surface area contributed by atoms with Gasteiger partial charge in [-0.05, 0) is 48.4 Å². The summed E-state index contributed by atoms with van der Waals surface area (Å²) in [6, 6.07) is 10.6. The van der Waals surface area contributed by atoms with Gasteiger partial charge in [0.25, 0.3) is 5.91 Å². The van der Waals surface area contributed by atoms with E-state index in [0.717, 1.165) is 11.1 Å². The number of carbonyl (C=O) groups is 1. The lowest BCUT2D eigenvalue weighted by atomic mass is 10.1. The van der Waals surface area contributed by atoms with Gasteiger partial charge in [-0.25, -0.2) is 0 Å². The van der Waals surface area contributed by atoms with Gasteiger partial charge in [-0.2, -0.15) is 0 Å². The minimum absolute atomic E-state index is 0.0993. The molecule has 5 heteroatoms. The number of nitrogens with zero attached hydrogens (tertiary/aromatic N) is 1. The van der Waals surface area contributed by atoms with E-state index in [1.54, 1.807) is 42.3 Å². The highest BCUT2D eigenvalue weighted by atomic mass is 35.5. The predicted octanol–water partition coefficient (Wildman–Crippen LogP) is 4.16. The van der Waals surface area contributed by atoms with Crippen LogP contribution in [0.4, 0.5) is 5.69 Å². The van der Waals surface area contributed by atoms with Gasteiger partial charge in [0.15, 0.2) is 0 Å². The lowest BCUT2D eigenvalue weighted by Gasteiger charge is -2.18. The molecule has 0 aromatic heterocycles. The van der Waals surface area contributed by atoms with Gasteiger partial charge in [-0.15, -0.1) is 0 Å². The van der Waals surface area contributed by atoms with E-state index in [1.807, 2.05) is 13.0 Å². The molecule has 0 aliphatic carbocycles. The third-order valence-corrected chi connectivity index (χ3v) is 3.65. The highest BCUT2D eigenvalue weighted by Gasteiger charge is 2.13. The van der Waals surface area contributed by atoms with Crippen LogP contribution in [-0.2, 0) is 6.54 Å². The molecule has 0 bridgehead atoms. The summed E-state index contributed by atoms with van der Waals surface area (Å²) in [5, 5.41) is 1.11. The molecule has 0 atom stereocenters. The van der Waals surface area contributed by atoms with Gasteiger partial charge in [-0.3, -0.25) is 4.79 Å². The van der Waals surface area contributed by atoms with Crippen molar-refractivity contribution < 1.29 is 4.79 Å².